The molecule has 0 saturated carbocycles. The highest BCUT2D eigenvalue weighted by Gasteiger charge is 2.23. The lowest BCUT2D eigenvalue weighted by molar-refractivity contribution is 0.0285. The van der Waals surface area contributed by atoms with Gasteiger partial charge in [0.1, 0.15) is 5.60 Å². The van der Waals surface area contributed by atoms with Crippen molar-refractivity contribution >= 4 is 49.5 Å². The van der Waals surface area contributed by atoms with Gasteiger partial charge in [0.25, 0.3) is 0 Å². The molecule has 10 heteroatoms. The molecule has 0 fully saturated rings. The molecule has 0 aliphatic rings. The van der Waals surface area contributed by atoms with Crippen LogP contribution in [0.5, 0.6) is 0 Å². The van der Waals surface area contributed by atoms with Gasteiger partial charge in [0, 0.05) is 46.4 Å². The smallest absolute Gasteiger partial charge is 0.410 e. The molecule has 3 aromatic rings. The maximum Gasteiger partial charge on any atom is 0.410 e. The van der Waals surface area contributed by atoms with Crippen molar-refractivity contribution in [2.24, 2.45) is 0 Å². The van der Waals surface area contributed by atoms with Gasteiger partial charge in [-0.2, -0.15) is 11.3 Å². The third-order valence-electron chi connectivity index (χ3n) is 4.46. The fraction of sp³-hybridized carbons (Fsp3) is 0.304. The summed E-state index contributed by atoms with van der Waals surface area (Å²) in [5, 5.41) is 3.78. The minimum Gasteiger partial charge on any atom is -0.444 e. The van der Waals surface area contributed by atoms with Gasteiger partial charge in [0.15, 0.2) is 0 Å². The van der Waals surface area contributed by atoms with E-state index in [4.69, 9.17) is 4.74 Å². The van der Waals surface area contributed by atoms with Gasteiger partial charge in [-0.05, 0) is 60.0 Å². The average Bonchev–Trinajstić information content (AvgIpc) is 3.33. The van der Waals surface area contributed by atoms with E-state index in [2.05, 4.69) is 20.9 Å². The molecule has 0 N–H and O–H groups in total. The Labute approximate surface area is 206 Å². The number of aromatic nitrogens is 2. The fourth-order valence-electron chi connectivity index (χ4n) is 3.01. The third kappa shape index (κ3) is 6.78. The Morgan fingerprint density at radius 2 is 2.09 bits per heavy atom. The highest BCUT2D eigenvalue weighted by Crippen LogP contribution is 2.34. The van der Waals surface area contributed by atoms with E-state index in [1.54, 1.807) is 70.7 Å². The van der Waals surface area contributed by atoms with Gasteiger partial charge in [-0.1, -0.05) is 18.2 Å². The van der Waals surface area contributed by atoms with Gasteiger partial charge < -0.3 is 9.64 Å². The Kier molecular flexibility index (Phi) is 7.81. The Balaban J connectivity index is 1.89. The van der Waals surface area contributed by atoms with E-state index in [-0.39, 0.29) is 12.3 Å². The van der Waals surface area contributed by atoms with Crippen molar-refractivity contribution in [3.8, 4) is 11.3 Å². The first-order chi connectivity index (χ1) is 15.5. The number of amides is 1. The zero-order chi connectivity index (χ0) is 24.2. The Morgan fingerprint density at radius 1 is 1.33 bits per heavy atom. The standard InChI is InChI=1S/C23H26BrN3O4S2/c1-23(2,3)31-22(28)26(4)13-18-11-21(19-15-32-16-20(19)24)27(14-18)33(29,30)10-6-8-17-7-5-9-25-12-17/h5-9,11-12,14-16H,10,13H2,1-4H3. The number of nitrogens with zero attached hydrogens (tertiary/aromatic N) is 3. The summed E-state index contributed by atoms with van der Waals surface area (Å²) in [4.78, 5) is 17.8. The van der Waals surface area contributed by atoms with Crippen LogP contribution in [-0.4, -0.2) is 46.8 Å². The van der Waals surface area contributed by atoms with Crippen LogP contribution in [0.1, 0.15) is 31.9 Å². The predicted octanol–water partition coefficient (Wildman–Crippen LogP) is 5.63. The lowest BCUT2D eigenvalue weighted by Crippen LogP contribution is -2.33. The van der Waals surface area contributed by atoms with Crippen LogP contribution in [0, 0.1) is 0 Å². The van der Waals surface area contributed by atoms with Crippen molar-refractivity contribution < 1.29 is 17.9 Å². The summed E-state index contributed by atoms with van der Waals surface area (Å²) in [5.74, 6) is -0.188. The van der Waals surface area contributed by atoms with Crippen LogP contribution >= 0.6 is 27.3 Å². The van der Waals surface area contributed by atoms with E-state index in [0.29, 0.717) is 11.3 Å². The number of pyridine rings is 1. The van der Waals surface area contributed by atoms with Crippen LogP contribution in [0.4, 0.5) is 4.79 Å². The molecular formula is C23H26BrN3O4S2. The lowest BCUT2D eigenvalue weighted by atomic mass is 10.2. The molecule has 7 nitrogen and oxygen atoms in total. The Hall–Kier alpha value is -2.43. The van der Waals surface area contributed by atoms with Crippen molar-refractivity contribution in [3.63, 3.8) is 0 Å². The van der Waals surface area contributed by atoms with Crippen LogP contribution in [-0.2, 0) is 21.3 Å². The van der Waals surface area contributed by atoms with Gasteiger partial charge in [0.05, 0.1) is 18.0 Å². The highest BCUT2D eigenvalue weighted by molar-refractivity contribution is 9.10. The summed E-state index contributed by atoms with van der Waals surface area (Å²) < 4.78 is 34.0. The molecule has 1 amide bonds. The molecule has 0 aliphatic heterocycles. The second-order valence-corrected chi connectivity index (χ2v) is 12.0. The topological polar surface area (TPSA) is 81.5 Å². The van der Waals surface area contributed by atoms with E-state index in [9.17, 15) is 13.2 Å². The largest absolute Gasteiger partial charge is 0.444 e. The first kappa shape index (κ1) is 25.2. The summed E-state index contributed by atoms with van der Waals surface area (Å²) in [6.07, 6.45) is 7.74. The molecule has 3 rings (SSSR count). The molecule has 33 heavy (non-hydrogen) atoms. The molecule has 0 bridgehead atoms. The SMILES string of the molecule is CN(Cc1cc(-c2cscc2Br)n(S(=O)(=O)CC=Cc2cccnc2)c1)C(=O)OC(C)(C)C. The number of carbonyl (C=O) groups excluding carboxylic acids is 1. The van der Waals surface area contributed by atoms with Crippen LogP contribution < -0.4 is 0 Å². The normalized spacial score (nSPS) is 12.3. The minimum absolute atomic E-state index is 0.188. The van der Waals surface area contributed by atoms with Crippen molar-refractivity contribution in [3.05, 3.63) is 69.2 Å². The van der Waals surface area contributed by atoms with E-state index < -0.39 is 21.7 Å². The molecule has 176 valence electrons. The summed E-state index contributed by atoms with van der Waals surface area (Å²) in [6, 6.07) is 5.43. The number of carbonyl (C=O) groups is 1. The zero-order valence-corrected chi connectivity index (χ0v) is 22.1. The molecule has 0 spiro atoms. The summed E-state index contributed by atoms with van der Waals surface area (Å²) in [5.41, 5.74) is 2.18. The highest BCUT2D eigenvalue weighted by atomic mass is 79.9. The van der Waals surface area contributed by atoms with Crippen LogP contribution in [0.3, 0.4) is 0 Å². The third-order valence-corrected chi connectivity index (χ3v) is 7.68. The van der Waals surface area contributed by atoms with E-state index in [1.807, 2.05) is 16.8 Å². The second kappa shape index (κ2) is 10.2. The van der Waals surface area contributed by atoms with Gasteiger partial charge >= 0.3 is 6.09 Å². The van der Waals surface area contributed by atoms with Crippen LogP contribution in [0.15, 0.2) is 58.1 Å². The fourth-order valence-corrected chi connectivity index (χ4v) is 5.75. The quantitative estimate of drug-likeness (QED) is 0.380. The first-order valence-electron chi connectivity index (χ1n) is 10.1. The minimum atomic E-state index is -3.71. The van der Waals surface area contributed by atoms with Gasteiger partial charge in [0.2, 0.25) is 10.0 Å². The van der Waals surface area contributed by atoms with Crippen LogP contribution in [0.2, 0.25) is 0 Å². The molecule has 3 heterocycles. The number of rotatable bonds is 7. The van der Waals surface area contributed by atoms with E-state index >= 15 is 0 Å². The predicted molar refractivity (Wildman–Crippen MR) is 136 cm³/mol. The zero-order valence-electron chi connectivity index (χ0n) is 18.9. The van der Waals surface area contributed by atoms with Crippen molar-refractivity contribution in [2.45, 2.75) is 32.9 Å². The van der Waals surface area contributed by atoms with E-state index in [0.717, 1.165) is 15.6 Å². The number of thiophene rings is 1. The molecular weight excluding hydrogens is 526 g/mol. The van der Waals surface area contributed by atoms with Crippen molar-refractivity contribution in [2.75, 3.05) is 12.8 Å². The number of hydrogen-bond donors (Lipinski definition) is 0. The molecule has 0 aromatic carbocycles. The molecule has 0 aliphatic carbocycles. The van der Waals surface area contributed by atoms with Crippen molar-refractivity contribution in [1.29, 1.82) is 0 Å². The van der Waals surface area contributed by atoms with Gasteiger partial charge in [-0.3, -0.25) is 4.98 Å². The molecule has 0 atom stereocenters. The molecule has 0 unspecified atom stereocenters. The number of ether oxygens (including phenoxy) is 1. The average molecular weight is 553 g/mol. The maximum absolute atomic E-state index is 13.2. The van der Waals surface area contributed by atoms with E-state index in [1.165, 1.54) is 20.2 Å². The summed E-state index contributed by atoms with van der Waals surface area (Å²) in [6.45, 7) is 5.60. The van der Waals surface area contributed by atoms with Gasteiger partial charge in [-0.15, -0.1) is 0 Å². The van der Waals surface area contributed by atoms with Crippen molar-refractivity contribution in [1.82, 2.24) is 13.9 Å². The van der Waals surface area contributed by atoms with Gasteiger partial charge in [-0.25, -0.2) is 17.2 Å². The summed E-state index contributed by atoms with van der Waals surface area (Å²) in [7, 11) is -2.09. The molecule has 0 saturated heterocycles. The first-order valence-corrected chi connectivity index (χ1v) is 13.5. The summed E-state index contributed by atoms with van der Waals surface area (Å²) >= 11 is 4.97. The number of hydrogen-bond acceptors (Lipinski definition) is 6. The molecule has 3 aromatic heterocycles. The maximum atomic E-state index is 13.2. The van der Waals surface area contributed by atoms with Crippen LogP contribution in [0.25, 0.3) is 17.3 Å². The Bertz CT molecular complexity index is 1240. The second-order valence-electron chi connectivity index (χ2n) is 8.47. The number of halogens is 1. The lowest BCUT2D eigenvalue weighted by Gasteiger charge is -2.24. The molecule has 0 radical (unpaired) electrons. The Morgan fingerprint density at radius 3 is 2.70 bits per heavy atom. The monoisotopic (exact) mass is 551 g/mol.